The van der Waals surface area contributed by atoms with Gasteiger partial charge < -0.3 is 25.4 Å². The van der Waals surface area contributed by atoms with Crippen LogP contribution in [0.1, 0.15) is 19.1 Å². The fourth-order valence-electron chi connectivity index (χ4n) is 2.59. The Morgan fingerprint density at radius 3 is 2.86 bits per heavy atom. The summed E-state index contributed by atoms with van der Waals surface area (Å²) in [5.41, 5.74) is 4.19. The van der Waals surface area contributed by atoms with Crippen molar-refractivity contribution >= 4 is 0 Å². The molecule has 124 valence electrons. The molecular formula is C13H21N3O6. The number of nitrogens with one attached hydrogen (secondary N) is 1. The van der Waals surface area contributed by atoms with E-state index in [1.54, 1.807) is 0 Å². The quantitative estimate of drug-likeness (QED) is 0.472. The molecule has 0 spiro atoms. The lowest BCUT2D eigenvalue weighted by molar-refractivity contribution is -0.0894. The molecular weight excluding hydrogens is 294 g/mol. The first-order valence-electron chi connectivity index (χ1n) is 7.05. The maximum absolute atomic E-state index is 11.9. The number of nitrogens with zero attached hydrogens (tertiary/aromatic N) is 1. The van der Waals surface area contributed by atoms with Crippen LogP contribution < -0.4 is 17.0 Å². The fourth-order valence-corrected chi connectivity index (χ4v) is 2.59. The minimum atomic E-state index is -1.11. The molecule has 0 saturated carbocycles. The minimum Gasteiger partial charge on any atom is -0.390 e. The molecule has 5 atom stereocenters. The van der Waals surface area contributed by atoms with Gasteiger partial charge in [0.2, 0.25) is 0 Å². The second kappa shape index (κ2) is 7.16. The van der Waals surface area contributed by atoms with Crippen molar-refractivity contribution in [2.45, 2.75) is 43.5 Å². The summed E-state index contributed by atoms with van der Waals surface area (Å²) in [6.45, 7) is 0.413. The van der Waals surface area contributed by atoms with Gasteiger partial charge in [0.15, 0.2) is 6.23 Å². The van der Waals surface area contributed by atoms with Crippen molar-refractivity contribution in [1.82, 2.24) is 9.55 Å². The van der Waals surface area contributed by atoms with Gasteiger partial charge in [-0.25, -0.2) is 4.79 Å². The third-order valence-corrected chi connectivity index (χ3v) is 3.73. The largest absolute Gasteiger partial charge is 0.390 e. The fraction of sp³-hybridized carbons (Fsp3) is 0.692. The van der Waals surface area contributed by atoms with Crippen molar-refractivity contribution in [3.8, 4) is 0 Å². The van der Waals surface area contributed by atoms with Gasteiger partial charge in [-0.15, -0.1) is 0 Å². The van der Waals surface area contributed by atoms with Crippen molar-refractivity contribution in [3.63, 3.8) is 0 Å². The molecule has 0 radical (unpaired) electrons. The molecule has 9 heteroatoms. The van der Waals surface area contributed by atoms with E-state index in [0.717, 1.165) is 4.57 Å². The lowest BCUT2D eigenvalue weighted by Gasteiger charge is -2.21. The molecule has 1 aromatic heterocycles. The number of methoxy groups -OCH3 is 1. The molecule has 0 aromatic carbocycles. The van der Waals surface area contributed by atoms with Crippen molar-refractivity contribution < 1.29 is 19.7 Å². The number of aliphatic hydroxyl groups is 2. The van der Waals surface area contributed by atoms with Crippen LogP contribution in [-0.4, -0.2) is 57.8 Å². The Labute approximate surface area is 126 Å². The second-order valence-corrected chi connectivity index (χ2v) is 5.20. The molecule has 1 aliphatic rings. The molecule has 1 fully saturated rings. The molecule has 0 amide bonds. The third-order valence-electron chi connectivity index (χ3n) is 3.73. The highest BCUT2D eigenvalue weighted by Gasteiger charge is 2.48. The average molecular weight is 315 g/mol. The standard InChI is InChI=1S/C13H21N3O6/c1-21-11-9(19)10(7(17)3-2-5-14)22-12(11)16-6-4-8(18)15-13(16)20/h4,6-7,9-12,17,19H,2-3,5,14H2,1H3,(H,15,18,20)/t7?,9-,10-,11-,12+/m1/s1. The number of rotatable bonds is 6. The predicted molar refractivity (Wildman–Crippen MR) is 76.3 cm³/mol. The van der Waals surface area contributed by atoms with E-state index in [9.17, 15) is 19.8 Å². The summed E-state index contributed by atoms with van der Waals surface area (Å²) in [5, 5.41) is 20.4. The summed E-state index contributed by atoms with van der Waals surface area (Å²) in [5.74, 6) is 0. The second-order valence-electron chi connectivity index (χ2n) is 5.20. The van der Waals surface area contributed by atoms with Gasteiger partial charge in [0.1, 0.15) is 18.3 Å². The van der Waals surface area contributed by atoms with Crippen LogP contribution in [0.5, 0.6) is 0 Å². The first kappa shape index (κ1) is 16.8. The molecule has 0 bridgehead atoms. The maximum atomic E-state index is 11.9. The van der Waals surface area contributed by atoms with Crippen molar-refractivity contribution in [1.29, 1.82) is 0 Å². The predicted octanol–water partition coefficient (Wildman–Crippen LogP) is -2.09. The minimum absolute atomic E-state index is 0.363. The van der Waals surface area contributed by atoms with E-state index in [1.165, 1.54) is 19.4 Å². The SMILES string of the molecule is CO[C@@H]1[C@H](O)[C@@H](C(O)CCCN)O[C@@H]1n1ccc(=O)[nH]c1=O. The Kier molecular flexibility index (Phi) is 5.48. The monoisotopic (exact) mass is 315 g/mol. The normalized spacial score (nSPS) is 29.6. The van der Waals surface area contributed by atoms with Crippen LogP contribution in [0.2, 0.25) is 0 Å². The van der Waals surface area contributed by atoms with Gasteiger partial charge in [0, 0.05) is 19.4 Å². The number of aromatic nitrogens is 2. The van der Waals surface area contributed by atoms with Crippen LogP contribution in [0.25, 0.3) is 0 Å². The summed E-state index contributed by atoms with van der Waals surface area (Å²) in [4.78, 5) is 25.1. The smallest absolute Gasteiger partial charge is 0.330 e. The molecule has 5 N–H and O–H groups in total. The lowest BCUT2D eigenvalue weighted by Crippen LogP contribution is -2.40. The Morgan fingerprint density at radius 2 is 2.27 bits per heavy atom. The molecule has 1 aliphatic heterocycles. The highest BCUT2D eigenvalue weighted by molar-refractivity contribution is 4.96. The van der Waals surface area contributed by atoms with Gasteiger partial charge >= 0.3 is 5.69 Å². The Morgan fingerprint density at radius 1 is 1.55 bits per heavy atom. The van der Waals surface area contributed by atoms with Gasteiger partial charge in [-0.05, 0) is 19.4 Å². The van der Waals surface area contributed by atoms with E-state index in [2.05, 4.69) is 4.98 Å². The number of aromatic amines is 1. The van der Waals surface area contributed by atoms with Gasteiger partial charge in [0.25, 0.3) is 5.56 Å². The van der Waals surface area contributed by atoms with Gasteiger partial charge in [-0.1, -0.05) is 0 Å². The van der Waals surface area contributed by atoms with Crippen LogP contribution in [0.3, 0.4) is 0 Å². The van der Waals surface area contributed by atoms with Crippen molar-refractivity contribution in [2.75, 3.05) is 13.7 Å². The maximum Gasteiger partial charge on any atom is 0.330 e. The van der Waals surface area contributed by atoms with Crippen molar-refractivity contribution in [2.24, 2.45) is 5.73 Å². The summed E-state index contributed by atoms with van der Waals surface area (Å²) >= 11 is 0. The Hall–Kier alpha value is -1.52. The topological polar surface area (TPSA) is 140 Å². The number of aliphatic hydroxyl groups excluding tert-OH is 2. The van der Waals surface area contributed by atoms with E-state index in [1.807, 2.05) is 0 Å². The zero-order valence-corrected chi connectivity index (χ0v) is 12.2. The zero-order chi connectivity index (χ0) is 16.3. The van der Waals surface area contributed by atoms with Crippen LogP contribution in [0, 0.1) is 0 Å². The first-order valence-corrected chi connectivity index (χ1v) is 7.05. The molecule has 1 aromatic rings. The lowest BCUT2D eigenvalue weighted by atomic mass is 10.0. The molecule has 0 aliphatic carbocycles. The van der Waals surface area contributed by atoms with E-state index in [-0.39, 0.29) is 0 Å². The summed E-state index contributed by atoms with van der Waals surface area (Å²) in [6.07, 6.45) is -2.53. The third kappa shape index (κ3) is 3.28. The van der Waals surface area contributed by atoms with E-state index in [4.69, 9.17) is 15.2 Å². The van der Waals surface area contributed by atoms with Crippen LogP contribution in [-0.2, 0) is 9.47 Å². The number of hydrogen-bond acceptors (Lipinski definition) is 7. The number of nitrogens with two attached hydrogens (primary N) is 1. The van der Waals surface area contributed by atoms with Crippen LogP contribution in [0.15, 0.2) is 21.9 Å². The molecule has 9 nitrogen and oxygen atoms in total. The molecule has 1 saturated heterocycles. The molecule has 2 rings (SSSR count). The van der Waals surface area contributed by atoms with Crippen LogP contribution >= 0.6 is 0 Å². The van der Waals surface area contributed by atoms with Crippen molar-refractivity contribution in [3.05, 3.63) is 33.1 Å². The van der Waals surface area contributed by atoms with E-state index < -0.39 is 41.9 Å². The van der Waals surface area contributed by atoms with Crippen LogP contribution in [0.4, 0.5) is 0 Å². The highest BCUT2D eigenvalue weighted by atomic mass is 16.6. The molecule has 22 heavy (non-hydrogen) atoms. The Balaban J connectivity index is 2.25. The number of hydrogen-bond donors (Lipinski definition) is 4. The molecule has 1 unspecified atom stereocenters. The number of H-pyrrole nitrogens is 1. The number of ether oxygens (including phenoxy) is 2. The van der Waals surface area contributed by atoms with E-state index >= 15 is 0 Å². The first-order chi connectivity index (χ1) is 10.5. The summed E-state index contributed by atoms with van der Waals surface area (Å²) in [7, 11) is 1.37. The van der Waals surface area contributed by atoms with Gasteiger partial charge in [0.05, 0.1) is 6.10 Å². The Bertz CT molecular complexity index is 600. The average Bonchev–Trinajstić information content (AvgIpc) is 2.81. The van der Waals surface area contributed by atoms with Gasteiger partial charge in [-0.2, -0.15) is 0 Å². The highest BCUT2D eigenvalue weighted by Crippen LogP contribution is 2.32. The molecule has 2 heterocycles. The van der Waals surface area contributed by atoms with Gasteiger partial charge in [-0.3, -0.25) is 14.3 Å². The zero-order valence-electron chi connectivity index (χ0n) is 12.2. The summed E-state index contributed by atoms with van der Waals surface area (Å²) < 4.78 is 11.9. The van der Waals surface area contributed by atoms with E-state index in [0.29, 0.717) is 19.4 Å². The summed E-state index contributed by atoms with van der Waals surface area (Å²) in [6, 6.07) is 1.17.